The third-order valence-corrected chi connectivity index (χ3v) is 5.76. The molecule has 0 unspecified atom stereocenters. The van der Waals surface area contributed by atoms with Crippen LogP contribution in [0.5, 0.6) is 0 Å². The molecule has 3 rings (SSSR count). The van der Waals surface area contributed by atoms with E-state index in [1.165, 1.54) is 5.56 Å². The van der Waals surface area contributed by atoms with Gasteiger partial charge in [-0.25, -0.2) is 8.42 Å². The second-order valence-electron chi connectivity index (χ2n) is 5.79. The molecule has 0 bridgehead atoms. The lowest BCUT2D eigenvalue weighted by molar-refractivity contribution is 0.463. The summed E-state index contributed by atoms with van der Waals surface area (Å²) < 4.78 is 22.8. The lowest BCUT2D eigenvalue weighted by atomic mass is 10.1. The first-order valence-corrected chi connectivity index (χ1v) is 9.14. The van der Waals surface area contributed by atoms with Crippen LogP contribution in [0.1, 0.15) is 24.1 Å². The smallest absolute Gasteiger partial charge is 0.150 e. The summed E-state index contributed by atoms with van der Waals surface area (Å²) >= 11 is 0. The van der Waals surface area contributed by atoms with Gasteiger partial charge in [0.15, 0.2) is 0 Å². The Balaban J connectivity index is 1.64. The minimum Gasteiger partial charge on any atom is -0.310 e. The van der Waals surface area contributed by atoms with E-state index in [2.05, 4.69) is 28.5 Å². The molecule has 0 spiro atoms. The Bertz CT molecular complexity index is 742. The van der Waals surface area contributed by atoms with Gasteiger partial charge in [-0.2, -0.15) is 0 Å². The highest BCUT2D eigenvalue weighted by atomic mass is 32.2. The molecule has 21 heavy (non-hydrogen) atoms. The molecule has 0 atom stereocenters. The molecule has 2 aromatic rings. The number of benzene rings is 1. The van der Waals surface area contributed by atoms with Gasteiger partial charge in [0.25, 0.3) is 0 Å². The minimum absolute atomic E-state index is 0.306. The summed E-state index contributed by atoms with van der Waals surface area (Å²) in [5.74, 6) is 0.622. The van der Waals surface area contributed by atoms with Crippen LogP contribution in [0.3, 0.4) is 0 Å². The fraction of sp³-hybridized carbons (Fsp3) is 0.438. The number of fused-ring (bicyclic) bond motifs is 1. The van der Waals surface area contributed by atoms with Crippen molar-refractivity contribution in [2.45, 2.75) is 32.4 Å². The second kappa shape index (κ2) is 5.73. The molecule has 1 aromatic carbocycles. The van der Waals surface area contributed by atoms with Crippen molar-refractivity contribution in [3.05, 3.63) is 41.6 Å². The van der Waals surface area contributed by atoms with Gasteiger partial charge in [0.05, 0.1) is 17.0 Å². The number of hydrogen-bond acceptors (Lipinski definition) is 4. The average Bonchev–Trinajstić information content (AvgIpc) is 2.46. The maximum atomic E-state index is 11.4. The highest BCUT2D eigenvalue weighted by Crippen LogP contribution is 2.16. The number of hydrogen-bond donors (Lipinski definition) is 1. The van der Waals surface area contributed by atoms with E-state index in [-0.39, 0.29) is 0 Å². The van der Waals surface area contributed by atoms with E-state index in [0.717, 1.165) is 36.0 Å². The zero-order valence-corrected chi connectivity index (χ0v) is 13.0. The van der Waals surface area contributed by atoms with Crippen LogP contribution in [0.15, 0.2) is 30.3 Å². The predicted octanol–water partition coefficient (Wildman–Crippen LogP) is 2.21. The van der Waals surface area contributed by atoms with Crippen molar-refractivity contribution in [1.29, 1.82) is 0 Å². The SMILES string of the molecule is Cc1ccc2cc(CNC3CCS(=O)(=O)CC3)ccc2n1. The molecule has 0 aliphatic carbocycles. The van der Waals surface area contributed by atoms with Gasteiger partial charge in [0.2, 0.25) is 0 Å². The monoisotopic (exact) mass is 304 g/mol. The molecule has 112 valence electrons. The van der Waals surface area contributed by atoms with Crippen LogP contribution >= 0.6 is 0 Å². The van der Waals surface area contributed by atoms with Crippen LogP contribution in [-0.2, 0) is 16.4 Å². The molecule has 4 nitrogen and oxygen atoms in total. The zero-order valence-electron chi connectivity index (χ0n) is 12.2. The lowest BCUT2D eigenvalue weighted by Crippen LogP contribution is -2.37. The molecule has 1 saturated heterocycles. The van der Waals surface area contributed by atoms with Crippen molar-refractivity contribution in [2.75, 3.05) is 11.5 Å². The highest BCUT2D eigenvalue weighted by Gasteiger charge is 2.22. The lowest BCUT2D eigenvalue weighted by Gasteiger charge is -2.23. The Morgan fingerprint density at radius 1 is 1.19 bits per heavy atom. The largest absolute Gasteiger partial charge is 0.310 e. The molecule has 1 fully saturated rings. The minimum atomic E-state index is -2.78. The van der Waals surface area contributed by atoms with Gasteiger partial charge in [-0.3, -0.25) is 4.98 Å². The summed E-state index contributed by atoms with van der Waals surface area (Å²) in [6, 6.07) is 10.7. The number of nitrogens with zero attached hydrogens (tertiary/aromatic N) is 1. The molecular weight excluding hydrogens is 284 g/mol. The Kier molecular flexibility index (Phi) is 3.95. The van der Waals surface area contributed by atoms with E-state index in [9.17, 15) is 8.42 Å². The van der Waals surface area contributed by atoms with Crippen LogP contribution in [0, 0.1) is 6.92 Å². The van der Waals surface area contributed by atoms with Crippen molar-refractivity contribution in [1.82, 2.24) is 10.3 Å². The molecule has 1 N–H and O–H groups in total. The van der Waals surface area contributed by atoms with Crippen LogP contribution in [-0.4, -0.2) is 30.9 Å². The standard InChI is InChI=1S/C16H20N2O2S/c1-12-2-4-14-10-13(3-5-16(14)18-12)11-17-15-6-8-21(19,20)9-7-15/h2-5,10,15,17H,6-9,11H2,1H3. The van der Waals surface area contributed by atoms with Gasteiger partial charge in [0, 0.05) is 23.7 Å². The molecule has 1 aliphatic rings. The third kappa shape index (κ3) is 3.60. The molecule has 0 radical (unpaired) electrons. The van der Waals surface area contributed by atoms with Crippen LogP contribution < -0.4 is 5.32 Å². The number of pyridine rings is 1. The van der Waals surface area contributed by atoms with Gasteiger partial charge in [-0.1, -0.05) is 12.1 Å². The predicted molar refractivity (Wildman–Crippen MR) is 85.0 cm³/mol. The van der Waals surface area contributed by atoms with Crippen molar-refractivity contribution in [3.63, 3.8) is 0 Å². The summed E-state index contributed by atoms with van der Waals surface area (Å²) in [5, 5.41) is 4.61. The second-order valence-corrected chi connectivity index (χ2v) is 8.09. The van der Waals surface area contributed by atoms with Crippen LogP contribution in [0.25, 0.3) is 10.9 Å². The fourth-order valence-electron chi connectivity index (χ4n) is 2.74. The van der Waals surface area contributed by atoms with Crippen LogP contribution in [0.4, 0.5) is 0 Å². The number of nitrogens with one attached hydrogen (secondary N) is 1. The number of aryl methyl sites for hydroxylation is 1. The third-order valence-electron chi connectivity index (χ3n) is 4.04. The van der Waals surface area contributed by atoms with E-state index in [4.69, 9.17) is 0 Å². The first kappa shape index (κ1) is 14.5. The number of rotatable bonds is 3. The molecular formula is C16H20N2O2S. The quantitative estimate of drug-likeness (QED) is 0.944. The van der Waals surface area contributed by atoms with Crippen molar-refractivity contribution >= 4 is 20.7 Å². The van der Waals surface area contributed by atoms with Crippen molar-refractivity contribution < 1.29 is 8.42 Å². The molecule has 1 aromatic heterocycles. The number of sulfone groups is 1. The first-order valence-electron chi connectivity index (χ1n) is 7.32. The van der Waals surface area contributed by atoms with Crippen LogP contribution in [0.2, 0.25) is 0 Å². The molecule has 0 amide bonds. The summed E-state index contributed by atoms with van der Waals surface area (Å²) in [6.07, 6.45) is 1.44. The van der Waals surface area contributed by atoms with Gasteiger partial charge in [-0.05, 0) is 43.5 Å². The topological polar surface area (TPSA) is 59.1 Å². The van der Waals surface area contributed by atoms with Crippen molar-refractivity contribution in [2.24, 2.45) is 0 Å². The summed E-state index contributed by atoms with van der Waals surface area (Å²) in [6.45, 7) is 2.76. The first-order chi connectivity index (χ1) is 10.0. The molecule has 2 heterocycles. The summed E-state index contributed by atoms with van der Waals surface area (Å²) in [4.78, 5) is 4.50. The molecule has 5 heteroatoms. The fourth-order valence-corrected chi connectivity index (χ4v) is 4.23. The van der Waals surface area contributed by atoms with Gasteiger partial charge >= 0.3 is 0 Å². The summed E-state index contributed by atoms with van der Waals surface area (Å²) in [5.41, 5.74) is 3.25. The summed E-state index contributed by atoms with van der Waals surface area (Å²) in [7, 11) is -2.78. The van der Waals surface area contributed by atoms with E-state index in [1.807, 2.05) is 19.1 Å². The van der Waals surface area contributed by atoms with E-state index in [0.29, 0.717) is 17.5 Å². The average molecular weight is 304 g/mol. The maximum absolute atomic E-state index is 11.4. The van der Waals surface area contributed by atoms with Gasteiger partial charge in [0.1, 0.15) is 9.84 Å². The Morgan fingerprint density at radius 3 is 2.71 bits per heavy atom. The Morgan fingerprint density at radius 2 is 1.95 bits per heavy atom. The van der Waals surface area contributed by atoms with E-state index in [1.54, 1.807) is 0 Å². The van der Waals surface area contributed by atoms with Gasteiger partial charge in [-0.15, -0.1) is 0 Å². The molecule has 0 saturated carbocycles. The molecule has 1 aliphatic heterocycles. The van der Waals surface area contributed by atoms with Crippen molar-refractivity contribution in [3.8, 4) is 0 Å². The van der Waals surface area contributed by atoms with E-state index >= 15 is 0 Å². The highest BCUT2D eigenvalue weighted by molar-refractivity contribution is 7.91. The normalized spacial score (nSPS) is 18.9. The van der Waals surface area contributed by atoms with E-state index < -0.39 is 9.84 Å². The number of aromatic nitrogens is 1. The zero-order chi connectivity index (χ0) is 14.9. The Hall–Kier alpha value is -1.46. The Labute approximate surface area is 125 Å². The maximum Gasteiger partial charge on any atom is 0.150 e. The van der Waals surface area contributed by atoms with Gasteiger partial charge < -0.3 is 5.32 Å².